The molecule has 0 radical (unpaired) electrons. The van der Waals surface area contributed by atoms with Crippen LogP contribution in [0.1, 0.15) is 40.3 Å². The van der Waals surface area contributed by atoms with Gasteiger partial charge in [0.05, 0.1) is 11.1 Å². The van der Waals surface area contributed by atoms with E-state index in [2.05, 4.69) is 61.8 Å². The molecule has 8 heteroatoms. The van der Waals surface area contributed by atoms with E-state index in [4.69, 9.17) is 18.9 Å². The summed E-state index contributed by atoms with van der Waals surface area (Å²) in [5.74, 6) is 16.2. The zero-order valence-corrected chi connectivity index (χ0v) is 27.4. The van der Waals surface area contributed by atoms with Crippen molar-refractivity contribution in [2.75, 3.05) is 0 Å². The Labute approximate surface area is 295 Å². The van der Waals surface area contributed by atoms with Crippen molar-refractivity contribution in [2.24, 2.45) is 0 Å². The number of hydrogen-bond acceptors (Lipinski definition) is 8. The molecule has 0 saturated heterocycles. The van der Waals surface area contributed by atoms with Crippen molar-refractivity contribution in [2.45, 2.75) is 6.92 Å². The van der Waals surface area contributed by atoms with Crippen LogP contribution >= 0.6 is 0 Å². The molecule has 0 aromatic heterocycles. The van der Waals surface area contributed by atoms with E-state index in [0.29, 0.717) is 28.2 Å². The molecule has 0 aliphatic carbocycles. The molecule has 0 unspecified atom stereocenters. The summed E-state index contributed by atoms with van der Waals surface area (Å²) in [5.41, 5.74) is 3.38. The predicted molar refractivity (Wildman–Crippen MR) is 192 cm³/mol. The maximum atomic E-state index is 12.2. The van der Waals surface area contributed by atoms with Gasteiger partial charge < -0.3 is 18.9 Å². The van der Waals surface area contributed by atoms with Gasteiger partial charge in [-0.05, 0) is 79.7 Å². The van der Waals surface area contributed by atoms with E-state index in [-0.39, 0.29) is 22.6 Å². The van der Waals surface area contributed by atoms with E-state index in [0.717, 1.165) is 29.4 Å². The van der Waals surface area contributed by atoms with Crippen LogP contribution in [0.3, 0.4) is 0 Å². The number of esters is 4. The van der Waals surface area contributed by atoms with Gasteiger partial charge in [0.1, 0.15) is 23.0 Å². The summed E-state index contributed by atoms with van der Waals surface area (Å²) in [7, 11) is 0. The van der Waals surface area contributed by atoms with Crippen molar-refractivity contribution in [3.8, 4) is 58.5 Å². The average Bonchev–Trinajstić information content (AvgIpc) is 3.14. The lowest BCUT2D eigenvalue weighted by molar-refractivity contribution is -0.130. The number of benzene rings is 4. The van der Waals surface area contributed by atoms with Crippen LogP contribution < -0.4 is 18.9 Å². The first kappa shape index (κ1) is 36.2. The number of ether oxygens (including phenoxy) is 4. The fourth-order valence-electron chi connectivity index (χ4n) is 3.85. The van der Waals surface area contributed by atoms with Gasteiger partial charge in [-0.25, -0.2) is 19.2 Å². The molecular formula is C43H28O8. The van der Waals surface area contributed by atoms with Crippen molar-refractivity contribution in [3.05, 3.63) is 168 Å². The molecular weight excluding hydrogens is 644 g/mol. The Balaban J connectivity index is 1.61. The zero-order chi connectivity index (χ0) is 36.8. The van der Waals surface area contributed by atoms with Crippen LogP contribution in [0.15, 0.2) is 135 Å². The highest BCUT2D eigenvalue weighted by Gasteiger charge is 2.15. The van der Waals surface area contributed by atoms with Crippen LogP contribution in [0.2, 0.25) is 0 Å². The Kier molecular flexibility index (Phi) is 12.5. The molecule has 4 rings (SSSR count). The summed E-state index contributed by atoms with van der Waals surface area (Å²) in [6.45, 7) is 15.4. The number of rotatable bonds is 8. The molecule has 0 aliphatic rings. The van der Waals surface area contributed by atoms with E-state index in [1.54, 1.807) is 79.7 Å². The summed E-state index contributed by atoms with van der Waals surface area (Å²) in [4.78, 5) is 47.6. The molecule has 4 aromatic carbocycles. The number of hydrogen-bond donors (Lipinski definition) is 0. The fraction of sp³-hybridized carbons (Fsp3) is 0.0233. The maximum Gasteiger partial charge on any atom is 0.338 e. The van der Waals surface area contributed by atoms with Crippen LogP contribution in [0.5, 0.6) is 23.0 Å². The van der Waals surface area contributed by atoms with Gasteiger partial charge in [-0.2, -0.15) is 0 Å². The predicted octanol–water partition coefficient (Wildman–Crippen LogP) is 6.64. The monoisotopic (exact) mass is 672 g/mol. The molecule has 51 heavy (non-hydrogen) atoms. The molecule has 0 aliphatic heterocycles. The Bertz CT molecular complexity index is 2240. The Morgan fingerprint density at radius 2 is 0.804 bits per heavy atom. The smallest absolute Gasteiger partial charge is 0.338 e. The molecule has 248 valence electrons. The van der Waals surface area contributed by atoms with Gasteiger partial charge in [-0.3, -0.25) is 0 Å². The van der Waals surface area contributed by atoms with E-state index >= 15 is 0 Å². The minimum absolute atomic E-state index is 0.0549. The molecule has 0 heterocycles. The van der Waals surface area contributed by atoms with Gasteiger partial charge in [0.15, 0.2) is 0 Å². The van der Waals surface area contributed by atoms with E-state index < -0.39 is 23.9 Å². The summed E-state index contributed by atoms with van der Waals surface area (Å²) in [6, 6.07) is 23.2. The first-order valence-corrected chi connectivity index (χ1v) is 15.0. The normalized spacial score (nSPS) is 9.43. The Hall–Kier alpha value is -7.60. The minimum Gasteiger partial charge on any atom is -0.423 e. The minimum atomic E-state index is -0.736. The zero-order valence-electron chi connectivity index (χ0n) is 27.4. The van der Waals surface area contributed by atoms with Crippen LogP contribution in [-0.4, -0.2) is 23.9 Å². The van der Waals surface area contributed by atoms with E-state index in [1.807, 2.05) is 0 Å². The molecule has 0 spiro atoms. The molecule has 0 saturated carbocycles. The number of carbonyl (C=O) groups is 4. The van der Waals surface area contributed by atoms with E-state index in [9.17, 15) is 19.2 Å². The van der Waals surface area contributed by atoms with Crippen molar-refractivity contribution in [3.63, 3.8) is 0 Å². The molecule has 4 aromatic rings. The average molecular weight is 673 g/mol. The number of carbonyl (C=O) groups excluding carboxylic acids is 4. The highest BCUT2D eigenvalue weighted by atomic mass is 16.5. The second-order valence-corrected chi connectivity index (χ2v) is 10.3. The highest BCUT2D eigenvalue weighted by molar-refractivity contribution is 5.89. The van der Waals surface area contributed by atoms with Crippen LogP contribution in [0, 0.1) is 35.5 Å². The Morgan fingerprint density at radius 1 is 0.490 bits per heavy atom. The van der Waals surface area contributed by atoms with Gasteiger partial charge in [0.25, 0.3) is 0 Å². The lowest BCUT2D eigenvalue weighted by atomic mass is 10.1. The second-order valence-electron chi connectivity index (χ2n) is 10.3. The first-order chi connectivity index (χ1) is 24.6. The third-order valence-corrected chi connectivity index (χ3v) is 6.41. The molecule has 0 N–H and O–H groups in total. The van der Waals surface area contributed by atoms with Crippen molar-refractivity contribution >= 4 is 23.9 Å². The molecule has 0 bridgehead atoms. The van der Waals surface area contributed by atoms with Crippen molar-refractivity contribution < 1.29 is 38.1 Å². The first-order valence-electron chi connectivity index (χ1n) is 15.0. The molecule has 0 amide bonds. The van der Waals surface area contributed by atoms with Crippen molar-refractivity contribution in [1.82, 2.24) is 0 Å². The SMILES string of the molecule is C=CC(=O)Oc1ccc(C#Cc2cc(OC(=O)C=C)c(C#Cc3ccc(C#Cc4ccc(OC(=O)C(=C)C)cc4)cc3)cc2OC(=O)C=C)cc1. The van der Waals surface area contributed by atoms with Gasteiger partial charge in [-0.1, -0.05) is 61.8 Å². The second kappa shape index (κ2) is 17.5. The lowest BCUT2D eigenvalue weighted by Crippen LogP contribution is -2.08. The quantitative estimate of drug-likeness (QED) is 0.0888. The van der Waals surface area contributed by atoms with Gasteiger partial charge in [0, 0.05) is 58.2 Å². The van der Waals surface area contributed by atoms with Crippen LogP contribution in [0.25, 0.3) is 0 Å². The van der Waals surface area contributed by atoms with Crippen LogP contribution in [0.4, 0.5) is 0 Å². The lowest BCUT2D eigenvalue weighted by Gasteiger charge is -2.10. The highest BCUT2D eigenvalue weighted by Crippen LogP contribution is 2.29. The third-order valence-electron chi connectivity index (χ3n) is 6.41. The fourth-order valence-corrected chi connectivity index (χ4v) is 3.85. The van der Waals surface area contributed by atoms with Gasteiger partial charge >= 0.3 is 23.9 Å². The topological polar surface area (TPSA) is 105 Å². The summed E-state index contributed by atoms with van der Waals surface area (Å²) < 4.78 is 21.2. The summed E-state index contributed by atoms with van der Waals surface area (Å²) >= 11 is 0. The van der Waals surface area contributed by atoms with Gasteiger partial charge in [0.2, 0.25) is 0 Å². The van der Waals surface area contributed by atoms with Crippen molar-refractivity contribution in [1.29, 1.82) is 0 Å². The Morgan fingerprint density at radius 3 is 1.16 bits per heavy atom. The molecule has 0 fully saturated rings. The summed E-state index contributed by atoms with van der Waals surface area (Å²) in [6.07, 6.45) is 3.05. The largest absolute Gasteiger partial charge is 0.423 e. The standard InChI is InChI=1S/C43H28O8/c1-6-40(44)48-36-23-17-33(18-24-36)16-22-35-28-38(50-41(45)7-2)34(27-39(35)51-42(46)8-3)21-15-31-12-9-30(10-13-31)11-14-32-19-25-37(26-20-32)49-43(47)29(4)5/h6-10,12-13,17-20,23-28H,1-4H2,5H3. The summed E-state index contributed by atoms with van der Waals surface area (Å²) in [5, 5.41) is 0. The third kappa shape index (κ3) is 11.0. The van der Waals surface area contributed by atoms with E-state index in [1.165, 1.54) is 12.1 Å². The molecule has 0 atom stereocenters. The molecule has 8 nitrogen and oxygen atoms in total. The van der Waals surface area contributed by atoms with Crippen LogP contribution in [-0.2, 0) is 19.2 Å². The van der Waals surface area contributed by atoms with Gasteiger partial charge in [-0.15, -0.1) is 0 Å². The maximum absolute atomic E-state index is 12.2.